The van der Waals surface area contributed by atoms with Crippen LogP contribution in [-0.2, 0) is 25.7 Å². The lowest BCUT2D eigenvalue weighted by Crippen LogP contribution is -2.53. The van der Waals surface area contributed by atoms with Crippen molar-refractivity contribution in [2.75, 3.05) is 26.2 Å². The van der Waals surface area contributed by atoms with Gasteiger partial charge in [0.15, 0.2) is 0 Å². The van der Waals surface area contributed by atoms with Crippen LogP contribution in [0.2, 0.25) is 0 Å². The van der Waals surface area contributed by atoms with Gasteiger partial charge in [-0.05, 0) is 43.2 Å². The maximum absolute atomic E-state index is 12.8. The smallest absolute Gasteiger partial charge is 0.475 e. The molecule has 0 spiro atoms. The molecular weight excluding hydrogens is 528 g/mol. The summed E-state index contributed by atoms with van der Waals surface area (Å²) < 4.78 is 69.4. The van der Waals surface area contributed by atoms with Gasteiger partial charge in [-0.1, -0.05) is 6.07 Å². The third-order valence-electron chi connectivity index (χ3n) is 6.18. The number of alkyl halides is 6. The van der Waals surface area contributed by atoms with Crippen molar-refractivity contribution in [3.63, 3.8) is 0 Å². The van der Waals surface area contributed by atoms with Crippen molar-refractivity contribution in [1.29, 1.82) is 0 Å². The molecule has 3 aliphatic rings. The second-order valence-corrected chi connectivity index (χ2v) is 9.14. The van der Waals surface area contributed by atoms with Gasteiger partial charge in [0.2, 0.25) is 5.91 Å². The lowest BCUT2D eigenvalue weighted by atomic mass is 9.79. The predicted molar refractivity (Wildman–Crippen MR) is 119 cm³/mol. The van der Waals surface area contributed by atoms with Crippen LogP contribution in [0.4, 0.5) is 26.3 Å². The highest BCUT2D eigenvalue weighted by Gasteiger charge is 2.42. The second-order valence-electron chi connectivity index (χ2n) is 9.14. The SMILES string of the molecule is O=C(NCc1cccnc1)[C@@H]1CCO[C@@H]2CCN(CC3CC3)C[C@@H]21.O=C(O)C(F)(F)F.O=C(O)C(F)(F)F. The number of carbonyl (C=O) groups excluding carboxylic acids is 1. The highest BCUT2D eigenvalue weighted by molar-refractivity contribution is 5.79. The Morgan fingerprint density at radius 1 is 1.03 bits per heavy atom. The molecule has 3 fully saturated rings. The maximum Gasteiger partial charge on any atom is 0.490 e. The molecule has 0 unspecified atom stereocenters. The minimum atomic E-state index is -5.08. The summed E-state index contributed by atoms with van der Waals surface area (Å²) in [5.74, 6) is -3.99. The molecule has 3 N–H and O–H groups in total. The number of carboxylic acid groups (broad SMARTS) is 2. The van der Waals surface area contributed by atoms with Crippen molar-refractivity contribution >= 4 is 17.8 Å². The quantitative estimate of drug-likeness (QED) is 0.472. The number of amides is 1. The third kappa shape index (κ3) is 10.8. The molecule has 9 nitrogen and oxygen atoms in total. The summed E-state index contributed by atoms with van der Waals surface area (Å²) in [6.07, 6.45) is -1.65. The van der Waals surface area contributed by atoms with Gasteiger partial charge in [0.25, 0.3) is 0 Å². The summed E-state index contributed by atoms with van der Waals surface area (Å²) in [7, 11) is 0. The fraction of sp³-hybridized carbons (Fsp3) is 0.652. The number of hydrogen-bond donors (Lipinski definition) is 3. The molecule has 2 aliphatic heterocycles. The average molecular weight is 557 g/mol. The van der Waals surface area contributed by atoms with Crippen LogP contribution >= 0.6 is 0 Å². The van der Waals surface area contributed by atoms with E-state index in [0.717, 1.165) is 44.0 Å². The minimum absolute atomic E-state index is 0.0856. The van der Waals surface area contributed by atoms with Gasteiger partial charge in [-0.25, -0.2) is 9.59 Å². The zero-order chi connectivity index (χ0) is 28.5. The molecule has 1 saturated carbocycles. The van der Waals surface area contributed by atoms with Gasteiger partial charge < -0.3 is 25.2 Å². The van der Waals surface area contributed by atoms with Crippen LogP contribution in [0.3, 0.4) is 0 Å². The number of carbonyl (C=O) groups is 3. The van der Waals surface area contributed by atoms with E-state index in [2.05, 4.69) is 15.2 Å². The van der Waals surface area contributed by atoms with Crippen molar-refractivity contribution in [3.8, 4) is 0 Å². The van der Waals surface area contributed by atoms with Crippen LogP contribution in [0.15, 0.2) is 24.5 Å². The number of ether oxygens (including phenoxy) is 1. The molecule has 0 radical (unpaired) electrons. The van der Waals surface area contributed by atoms with E-state index < -0.39 is 24.3 Å². The Balaban J connectivity index is 0.000000301. The van der Waals surface area contributed by atoms with Crippen molar-refractivity contribution in [2.24, 2.45) is 17.8 Å². The van der Waals surface area contributed by atoms with Crippen molar-refractivity contribution < 1.29 is 55.7 Å². The van der Waals surface area contributed by atoms with Gasteiger partial charge in [0.1, 0.15) is 0 Å². The zero-order valence-electron chi connectivity index (χ0n) is 20.2. The summed E-state index contributed by atoms with van der Waals surface area (Å²) in [4.78, 5) is 37.2. The van der Waals surface area contributed by atoms with Gasteiger partial charge in [-0.15, -0.1) is 0 Å². The van der Waals surface area contributed by atoms with E-state index in [9.17, 15) is 31.1 Å². The average Bonchev–Trinajstić information content (AvgIpc) is 3.66. The fourth-order valence-electron chi connectivity index (χ4n) is 4.16. The Bertz CT molecular complexity index is 902. The van der Waals surface area contributed by atoms with Crippen molar-refractivity contribution in [2.45, 2.75) is 50.7 Å². The summed E-state index contributed by atoms with van der Waals surface area (Å²) in [5, 5.41) is 17.4. The number of aromatic nitrogens is 1. The number of likely N-dealkylation sites (tertiary alicyclic amines) is 1. The van der Waals surface area contributed by atoms with E-state index in [-0.39, 0.29) is 17.9 Å². The highest BCUT2D eigenvalue weighted by atomic mass is 19.4. The number of pyridine rings is 1. The topological polar surface area (TPSA) is 129 Å². The maximum atomic E-state index is 12.8. The lowest BCUT2D eigenvalue weighted by molar-refractivity contribution is -0.193. The predicted octanol–water partition coefficient (Wildman–Crippen LogP) is 3.10. The fourth-order valence-corrected chi connectivity index (χ4v) is 4.16. The standard InChI is InChI=1S/C19H27N3O2.2C2HF3O2/c23-19(21-11-15-2-1-7-20-10-15)16-6-9-24-18-5-8-22(13-17(16)18)12-14-3-4-14;2*3-2(4,5)1(6)7/h1-2,7,10,14,16-18H,3-6,8-9,11-13H2,(H,21,23);2*(H,6,7)/t16-,17-,18-;;/m1../s1. The third-order valence-corrected chi connectivity index (χ3v) is 6.18. The van der Waals surface area contributed by atoms with E-state index in [1.54, 1.807) is 6.20 Å². The molecule has 0 aromatic carbocycles. The molecular formula is C23H29F6N3O6. The van der Waals surface area contributed by atoms with Crippen LogP contribution in [0.25, 0.3) is 0 Å². The Labute approximate surface area is 214 Å². The first-order valence-electron chi connectivity index (χ1n) is 11.8. The van der Waals surface area contributed by atoms with E-state index in [1.807, 2.05) is 18.3 Å². The van der Waals surface area contributed by atoms with Gasteiger partial charge in [-0.2, -0.15) is 26.3 Å². The molecule has 38 heavy (non-hydrogen) atoms. The first kappa shape index (κ1) is 31.3. The summed E-state index contributed by atoms with van der Waals surface area (Å²) in [5.41, 5.74) is 1.05. The summed E-state index contributed by atoms with van der Waals surface area (Å²) in [6.45, 7) is 4.64. The first-order valence-corrected chi connectivity index (χ1v) is 11.8. The number of rotatable bonds is 5. The number of nitrogens with zero attached hydrogens (tertiary/aromatic N) is 2. The first-order chi connectivity index (χ1) is 17.7. The van der Waals surface area contributed by atoms with Gasteiger partial charge in [0, 0.05) is 57.0 Å². The lowest BCUT2D eigenvalue weighted by Gasteiger charge is -2.44. The molecule has 0 bridgehead atoms. The molecule has 1 aromatic rings. The van der Waals surface area contributed by atoms with Gasteiger partial charge in [-0.3, -0.25) is 9.78 Å². The number of halogens is 6. The molecule has 214 valence electrons. The van der Waals surface area contributed by atoms with E-state index in [4.69, 9.17) is 24.5 Å². The molecule has 1 aromatic heterocycles. The number of nitrogens with one attached hydrogen (secondary N) is 1. The second kappa shape index (κ2) is 13.7. The zero-order valence-corrected chi connectivity index (χ0v) is 20.2. The van der Waals surface area contributed by atoms with Crippen LogP contribution in [0.5, 0.6) is 0 Å². The van der Waals surface area contributed by atoms with Crippen LogP contribution in [0, 0.1) is 17.8 Å². The molecule has 2 saturated heterocycles. The van der Waals surface area contributed by atoms with Crippen LogP contribution < -0.4 is 5.32 Å². The molecule has 1 aliphatic carbocycles. The molecule has 3 atom stereocenters. The number of hydrogen-bond acceptors (Lipinski definition) is 6. The summed E-state index contributed by atoms with van der Waals surface area (Å²) in [6, 6.07) is 3.90. The Kier molecular flexibility index (Phi) is 11.3. The summed E-state index contributed by atoms with van der Waals surface area (Å²) >= 11 is 0. The number of fused-ring (bicyclic) bond motifs is 1. The Hall–Kier alpha value is -2.94. The van der Waals surface area contributed by atoms with Crippen LogP contribution in [-0.4, -0.2) is 82.6 Å². The van der Waals surface area contributed by atoms with E-state index >= 15 is 0 Å². The van der Waals surface area contributed by atoms with E-state index in [0.29, 0.717) is 12.5 Å². The number of aliphatic carboxylic acids is 2. The number of piperidine rings is 1. The number of carboxylic acids is 2. The van der Waals surface area contributed by atoms with Crippen molar-refractivity contribution in [1.82, 2.24) is 15.2 Å². The van der Waals surface area contributed by atoms with E-state index in [1.165, 1.54) is 19.4 Å². The normalized spacial score (nSPS) is 23.5. The molecule has 15 heteroatoms. The Morgan fingerprint density at radius 3 is 2.13 bits per heavy atom. The van der Waals surface area contributed by atoms with Crippen LogP contribution in [0.1, 0.15) is 31.2 Å². The molecule has 1 amide bonds. The Morgan fingerprint density at radius 2 is 1.63 bits per heavy atom. The highest BCUT2D eigenvalue weighted by Crippen LogP contribution is 2.36. The monoisotopic (exact) mass is 557 g/mol. The van der Waals surface area contributed by atoms with Gasteiger partial charge >= 0.3 is 24.3 Å². The van der Waals surface area contributed by atoms with Crippen molar-refractivity contribution in [3.05, 3.63) is 30.1 Å². The largest absolute Gasteiger partial charge is 0.490 e. The molecule has 3 heterocycles. The minimum Gasteiger partial charge on any atom is -0.475 e. The van der Waals surface area contributed by atoms with Gasteiger partial charge in [0.05, 0.1) is 6.10 Å². The molecule has 4 rings (SSSR count).